The molecule has 278 valence electrons. The van der Waals surface area contributed by atoms with E-state index in [1.807, 2.05) is 13.8 Å². The fraction of sp³-hybridized carbons (Fsp3) is 0.684. The predicted molar refractivity (Wildman–Crippen MR) is 180 cm³/mol. The van der Waals surface area contributed by atoms with E-state index in [0.717, 1.165) is 0 Å². The summed E-state index contributed by atoms with van der Waals surface area (Å²) in [5.74, 6) is -4.87. The number of aliphatic hydroxyl groups excluding tert-OH is 3. The van der Waals surface area contributed by atoms with Gasteiger partial charge in [-0.15, -0.1) is 0 Å². The molecule has 0 amide bonds. The van der Waals surface area contributed by atoms with Crippen LogP contribution in [0.5, 0.6) is 0 Å². The molecule has 1 aliphatic heterocycles. The van der Waals surface area contributed by atoms with Gasteiger partial charge in [0, 0.05) is 18.8 Å². The number of hydrogen-bond donors (Lipinski definition) is 4. The quantitative estimate of drug-likeness (QED) is 0.167. The Morgan fingerprint density at radius 3 is 2.12 bits per heavy atom. The molecular formula is C38H54O12. The van der Waals surface area contributed by atoms with Crippen molar-refractivity contribution in [2.75, 3.05) is 6.61 Å². The van der Waals surface area contributed by atoms with Crippen LogP contribution in [0, 0.1) is 28.6 Å². The maximum atomic E-state index is 14.8. The van der Waals surface area contributed by atoms with Crippen LogP contribution < -0.4 is 0 Å². The number of fused-ring (bicyclic) bond motifs is 3. The van der Waals surface area contributed by atoms with Crippen LogP contribution in [0.2, 0.25) is 0 Å². The molecule has 0 radical (unpaired) electrons. The first-order valence-electron chi connectivity index (χ1n) is 17.3. The average Bonchev–Trinajstić information content (AvgIpc) is 3.03. The molecule has 1 aromatic carbocycles. The largest absolute Gasteiger partial charge is 0.456 e. The lowest BCUT2D eigenvalue weighted by Gasteiger charge is -2.66. The van der Waals surface area contributed by atoms with Gasteiger partial charge in [-0.2, -0.15) is 0 Å². The predicted octanol–water partition coefficient (Wildman–Crippen LogP) is 3.31. The van der Waals surface area contributed by atoms with E-state index in [1.54, 1.807) is 45.9 Å². The SMILES string of the molecule is CC(=O)O[C@@]12CO[C@@H]1C[C@H](O)[C@@]1(C)C(=O)[C@H](O)/C(=C(\C)[C@H](C)OC(=O)C(O)[C@@H](C)CC(C)C)C(C)(C)[C@](C)(O)[C@@H](OC(=O)c3ccccc3)[C@H]21. The topological polar surface area (TPSA) is 186 Å². The van der Waals surface area contributed by atoms with Crippen molar-refractivity contribution in [3.8, 4) is 0 Å². The number of ether oxygens (including phenoxy) is 4. The van der Waals surface area contributed by atoms with E-state index >= 15 is 0 Å². The zero-order chi connectivity index (χ0) is 37.7. The van der Waals surface area contributed by atoms with E-state index in [9.17, 15) is 39.6 Å². The van der Waals surface area contributed by atoms with E-state index < -0.39 is 94.2 Å². The van der Waals surface area contributed by atoms with E-state index in [1.165, 1.54) is 39.8 Å². The number of benzene rings is 1. The Morgan fingerprint density at radius 1 is 1.00 bits per heavy atom. The van der Waals surface area contributed by atoms with Crippen molar-refractivity contribution >= 4 is 23.7 Å². The summed E-state index contributed by atoms with van der Waals surface area (Å²) in [6.07, 6.45) is -8.07. The van der Waals surface area contributed by atoms with Gasteiger partial charge in [0.25, 0.3) is 0 Å². The monoisotopic (exact) mass is 702 g/mol. The fourth-order valence-electron chi connectivity index (χ4n) is 8.43. The van der Waals surface area contributed by atoms with Crippen molar-refractivity contribution < 1.29 is 58.6 Å². The summed E-state index contributed by atoms with van der Waals surface area (Å²) < 4.78 is 23.6. The van der Waals surface area contributed by atoms with Gasteiger partial charge in [-0.3, -0.25) is 9.59 Å². The van der Waals surface area contributed by atoms with Crippen LogP contribution in [0.4, 0.5) is 0 Å². The van der Waals surface area contributed by atoms with Gasteiger partial charge in [0.15, 0.2) is 17.5 Å². The van der Waals surface area contributed by atoms with Gasteiger partial charge >= 0.3 is 17.9 Å². The lowest BCUT2D eigenvalue weighted by molar-refractivity contribution is -0.343. The molecule has 1 aromatic rings. The zero-order valence-corrected chi connectivity index (χ0v) is 30.8. The highest BCUT2D eigenvalue weighted by Crippen LogP contribution is 2.62. The second kappa shape index (κ2) is 14.1. The normalized spacial score (nSPS) is 36.3. The summed E-state index contributed by atoms with van der Waals surface area (Å²) >= 11 is 0. The number of rotatable bonds is 9. The molecule has 1 saturated heterocycles. The number of carbonyl (C=O) groups excluding carboxylic acids is 4. The highest BCUT2D eigenvalue weighted by atomic mass is 16.6. The standard InChI is InChI=1S/C38H54O12/c1-19(2)16-20(3)28(41)34(45)48-22(5)21(4)27-29(42)31(43)36(9)25(40)17-26-38(18-47-26,50-23(6)39)30(36)32(37(10,46)35(27,7)8)49-33(44)24-14-12-11-13-15-24/h11-15,19-20,22,25-26,28-30,32,40-42,46H,16-18H2,1-10H3/b27-21-/t20-,22-,25-,26+,28?,29+,30-,32-,36+,37+,38-/m0/s1. The first-order valence-corrected chi connectivity index (χ1v) is 17.3. The van der Waals surface area contributed by atoms with Gasteiger partial charge in [0.1, 0.15) is 30.0 Å². The van der Waals surface area contributed by atoms with E-state index in [4.69, 9.17) is 18.9 Å². The van der Waals surface area contributed by atoms with Gasteiger partial charge in [-0.05, 0) is 69.2 Å². The van der Waals surface area contributed by atoms with Gasteiger partial charge in [-0.1, -0.05) is 52.8 Å². The maximum absolute atomic E-state index is 14.8. The maximum Gasteiger partial charge on any atom is 0.338 e. The third-order valence-corrected chi connectivity index (χ3v) is 11.7. The van der Waals surface area contributed by atoms with Crippen LogP contribution in [0.1, 0.15) is 92.4 Å². The third-order valence-electron chi connectivity index (χ3n) is 11.7. The van der Waals surface area contributed by atoms with E-state index in [2.05, 4.69) is 0 Å². The fourth-order valence-corrected chi connectivity index (χ4v) is 8.43. The van der Waals surface area contributed by atoms with Gasteiger partial charge in [0.2, 0.25) is 0 Å². The van der Waals surface area contributed by atoms with Crippen molar-refractivity contribution in [2.24, 2.45) is 28.6 Å². The molecule has 12 nitrogen and oxygen atoms in total. The molecule has 1 unspecified atom stereocenters. The summed E-state index contributed by atoms with van der Waals surface area (Å²) in [5, 5.41) is 47.4. The van der Waals surface area contributed by atoms with Crippen molar-refractivity contribution in [3.63, 3.8) is 0 Å². The summed E-state index contributed by atoms with van der Waals surface area (Å²) in [4.78, 5) is 54.4. The molecule has 0 spiro atoms. The summed E-state index contributed by atoms with van der Waals surface area (Å²) in [6.45, 7) is 15.7. The molecule has 11 atom stereocenters. The summed E-state index contributed by atoms with van der Waals surface area (Å²) in [5.41, 5.74) is -7.00. The van der Waals surface area contributed by atoms with Gasteiger partial charge < -0.3 is 39.4 Å². The lowest BCUT2D eigenvalue weighted by Crippen LogP contribution is -2.81. The smallest absolute Gasteiger partial charge is 0.338 e. The van der Waals surface area contributed by atoms with Gasteiger partial charge in [-0.25, -0.2) is 9.59 Å². The van der Waals surface area contributed by atoms with Crippen LogP contribution in [0.25, 0.3) is 0 Å². The van der Waals surface area contributed by atoms with Crippen molar-refractivity contribution in [1.29, 1.82) is 0 Å². The summed E-state index contributed by atoms with van der Waals surface area (Å²) in [7, 11) is 0. The molecule has 0 bridgehead atoms. The Hall–Kier alpha value is -3.16. The van der Waals surface area contributed by atoms with Crippen molar-refractivity contribution in [3.05, 3.63) is 47.0 Å². The molecule has 4 rings (SSSR count). The Morgan fingerprint density at radius 2 is 1.60 bits per heavy atom. The van der Waals surface area contributed by atoms with E-state index in [0.29, 0.717) is 6.42 Å². The Labute approximate surface area is 294 Å². The molecule has 4 N–H and O–H groups in total. The Kier molecular flexibility index (Phi) is 11.2. The minimum Gasteiger partial charge on any atom is -0.456 e. The molecule has 12 heteroatoms. The van der Waals surface area contributed by atoms with Crippen LogP contribution in [0.15, 0.2) is 41.5 Å². The van der Waals surface area contributed by atoms with Gasteiger partial charge in [0.05, 0.1) is 29.6 Å². The molecule has 50 heavy (non-hydrogen) atoms. The molecule has 0 aromatic heterocycles. The van der Waals surface area contributed by atoms with Crippen LogP contribution in [-0.4, -0.2) is 98.6 Å². The molecule has 2 aliphatic carbocycles. The van der Waals surface area contributed by atoms with Crippen molar-refractivity contribution in [2.45, 2.75) is 130 Å². The number of hydrogen-bond acceptors (Lipinski definition) is 12. The minimum absolute atomic E-state index is 0.0151. The first kappa shape index (κ1) is 39.6. The molecule has 3 fully saturated rings. The second-order valence-corrected chi connectivity index (χ2v) is 15.8. The van der Waals surface area contributed by atoms with Crippen molar-refractivity contribution in [1.82, 2.24) is 0 Å². The molecular weight excluding hydrogens is 648 g/mol. The Balaban J connectivity index is 1.92. The lowest BCUT2D eigenvalue weighted by atomic mass is 9.46. The average molecular weight is 703 g/mol. The second-order valence-electron chi connectivity index (χ2n) is 15.8. The zero-order valence-electron chi connectivity index (χ0n) is 30.8. The molecule has 3 aliphatic rings. The number of aliphatic hydroxyl groups is 4. The van der Waals surface area contributed by atoms with Crippen LogP contribution in [-0.2, 0) is 33.3 Å². The third kappa shape index (κ3) is 6.53. The Bertz CT molecular complexity index is 1500. The number of carbonyl (C=O) groups is 4. The van der Waals surface area contributed by atoms with E-state index in [-0.39, 0.29) is 35.7 Å². The first-order chi connectivity index (χ1) is 23.0. The molecule has 2 saturated carbocycles. The number of Topliss-reactive ketones (excluding diaryl/α,β-unsaturated/α-hetero) is 1. The summed E-state index contributed by atoms with van der Waals surface area (Å²) in [6, 6.07) is 8.02. The highest BCUT2D eigenvalue weighted by Gasteiger charge is 2.76. The number of esters is 3. The molecule has 1 heterocycles. The number of ketones is 1. The van der Waals surface area contributed by atoms with Crippen LogP contribution in [0.3, 0.4) is 0 Å². The highest BCUT2D eigenvalue weighted by molar-refractivity contribution is 5.94. The van der Waals surface area contributed by atoms with Crippen LogP contribution >= 0.6 is 0 Å². The minimum atomic E-state index is -2.15.